The molecule has 1 aliphatic heterocycles. The van der Waals surface area contributed by atoms with E-state index in [1.165, 1.54) is 13.2 Å². The Morgan fingerprint density at radius 2 is 2.00 bits per heavy atom. The van der Waals surface area contributed by atoms with E-state index in [1.54, 1.807) is 47.4 Å². The van der Waals surface area contributed by atoms with Gasteiger partial charge in [0.2, 0.25) is 11.8 Å². The standard InChI is InChI=1S/C21H17ClN2O5/c1-28-18-6-4-15(10-16(18)22)24-11-13(9-19(24)25)21(27)23-14-3-5-17-12(8-14)2-7-20(26)29-17/h2-8,10,13H,9,11H2,1H3,(H,23,27)/t13-/m0/s1. The summed E-state index contributed by atoms with van der Waals surface area (Å²) in [5.41, 5.74) is 1.19. The third-order valence-corrected chi connectivity index (χ3v) is 5.13. The molecule has 1 saturated heterocycles. The average molecular weight is 413 g/mol. The fourth-order valence-electron chi connectivity index (χ4n) is 3.35. The van der Waals surface area contributed by atoms with Crippen molar-refractivity contribution in [3.8, 4) is 5.75 Å². The van der Waals surface area contributed by atoms with Gasteiger partial charge in [-0.2, -0.15) is 0 Å². The van der Waals surface area contributed by atoms with Gasteiger partial charge in [-0.1, -0.05) is 11.6 Å². The normalized spacial score (nSPS) is 16.3. The molecule has 1 fully saturated rings. The lowest BCUT2D eigenvalue weighted by atomic mass is 10.1. The van der Waals surface area contributed by atoms with Gasteiger partial charge in [0.05, 0.1) is 18.1 Å². The molecule has 1 atom stereocenters. The zero-order valence-electron chi connectivity index (χ0n) is 15.5. The van der Waals surface area contributed by atoms with Gasteiger partial charge < -0.3 is 19.4 Å². The van der Waals surface area contributed by atoms with Crippen LogP contribution in [0.3, 0.4) is 0 Å². The number of ether oxygens (including phenoxy) is 1. The minimum absolute atomic E-state index is 0.109. The molecule has 2 heterocycles. The lowest BCUT2D eigenvalue weighted by Crippen LogP contribution is -2.28. The highest BCUT2D eigenvalue weighted by Gasteiger charge is 2.35. The highest BCUT2D eigenvalue weighted by atomic mass is 35.5. The first-order valence-corrected chi connectivity index (χ1v) is 9.31. The van der Waals surface area contributed by atoms with Crippen LogP contribution in [0, 0.1) is 5.92 Å². The van der Waals surface area contributed by atoms with Gasteiger partial charge in [-0.25, -0.2) is 4.79 Å². The summed E-state index contributed by atoms with van der Waals surface area (Å²) < 4.78 is 10.2. The monoisotopic (exact) mass is 412 g/mol. The summed E-state index contributed by atoms with van der Waals surface area (Å²) in [4.78, 5) is 37.9. The Morgan fingerprint density at radius 1 is 1.17 bits per heavy atom. The maximum absolute atomic E-state index is 12.7. The number of anilines is 2. The summed E-state index contributed by atoms with van der Waals surface area (Å²) >= 11 is 6.15. The van der Waals surface area contributed by atoms with E-state index < -0.39 is 11.5 Å². The third-order valence-electron chi connectivity index (χ3n) is 4.83. The second-order valence-corrected chi connectivity index (χ2v) is 7.13. The average Bonchev–Trinajstić information content (AvgIpc) is 3.10. The minimum atomic E-state index is -0.493. The lowest BCUT2D eigenvalue weighted by molar-refractivity contribution is -0.122. The second kappa shape index (κ2) is 7.60. The Kier molecular flexibility index (Phi) is 4.98. The van der Waals surface area contributed by atoms with E-state index >= 15 is 0 Å². The molecule has 7 nitrogen and oxygen atoms in total. The molecule has 2 aromatic carbocycles. The van der Waals surface area contributed by atoms with Crippen LogP contribution in [-0.2, 0) is 9.59 Å². The van der Waals surface area contributed by atoms with Crippen LogP contribution in [0.1, 0.15) is 6.42 Å². The Balaban J connectivity index is 1.48. The molecule has 0 bridgehead atoms. The molecule has 148 valence electrons. The van der Waals surface area contributed by atoms with E-state index in [0.717, 1.165) is 0 Å². The molecule has 0 unspecified atom stereocenters. The van der Waals surface area contributed by atoms with Crippen LogP contribution < -0.4 is 20.6 Å². The number of benzene rings is 2. The van der Waals surface area contributed by atoms with E-state index in [0.29, 0.717) is 33.1 Å². The number of carbonyl (C=O) groups is 2. The van der Waals surface area contributed by atoms with Crippen molar-refractivity contribution in [2.24, 2.45) is 5.92 Å². The fourth-order valence-corrected chi connectivity index (χ4v) is 3.60. The number of hydrogen-bond donors (Lipinski definition) is 1. The third kappa shape index (κ3) is 3.82. The van der Waals surface area contributed by atoms with Crippen molar-refractivity contribution in [1.29, 1.82) is 0 Å². The smallest absolute Gasteiger partial charge is 0.336 e. The first-order chi connectivity index (χ1) is 13.9. The Bertz CT molecular complexity index is 1170. The Hall–Kier alpha value is -3.32. The molecule has 29 heavy (non-hydrogen) atoms. The van der Waals surface area contributed by atoms with Crippen molar-refractivity contribution in [3.63, 3.8) is 0 Å². The molecule has 0 saturated carbocycles. The molecule has 0 radical (unpaired) electrons. The summed E-state index contributed by atoms with van der Waals surface area (Å²) in [5, 5.41) is 3.92. The first-order valence-electron chi connectivity index (χ1n) is 8.93. The molecule has 2 amide bonds. The van der Waals surface area contributed by atoms with E-state index in [1.807, 2.05) is 0 Å². The van der Waals surface area contributed by atoms with Gasteiger partial charge in [0.25, 0.3) is 0 Å². The SMILES string of the molecule is COc1ccc(N2C[C@@H](C(=O)Nc3ccc4oc(=O)ccc4c3)CC2=O)cc1Cl. The van der Waals surface area contributed by atoms with Crippen LogP contribution in [0.15, 0.2) is 57.7 Å². The Labute approximate surface area is 170 Å². The number of rotatable bonds is 4. The van der Waals surface area contributed by atoms with Crippen LogP contribution in [-0.4, -0.2) is 25.5 Å². The van der Waals surface area contributed by atoms with E-state index in [2.05, 4.69) is 5.32 Å². The van der Waals surface area contributed by atoms with E-state index in [-0.39, 0.29) is 24.8 Å². The number of methoxy groups -OCH3 is 1. The molecular weight excluding hydrogens is 396 g/mol. The molecule has 4 rings (SSSR count). The molecule has 3 aromatic rings. The predicted molar refractivity (Wildman–Crippen MR) is 110 cm³/mol. The van der Waals surface area contributed by atoms with Gasteiger partial charge in [-0.05, 0) is 42.5 Å². The van der Waals surface area contributed by atoms with Gasteiger partial charge in [-0.15, -0.1) is 0 Å². The number of halogens is 1. The largest absolute Gasteiger partial charge is 0.495 e. The molecule has 8 heteroatoms. The summed E-state index contributed by atoms with van der Waals surface area (Å²) in [5.74, 6) is -0.375. The predicted octanol–water partition coefficient (Wildman–Crippen LogP) is 3.45. The topological polar surface area (TPSA) is 88.8 Å². The quantitative estimate of drug-likeness (QED) is 0.663. The van der Waals surface area contributed by atoms with Gasteiger partial charge >= 0.3 is 5.63 Å². The van der Waals surface area contributed by atoms with Crippen LogP contribution in [0.25, 0.3) is 11.0 Å². The number of fused-ring (bicyclic) bond motifs is 1. The van der Waals surface area contributed by atoms with Gasteiger partial charge in [0.15, 0.2) is 0 Å². The minimum Gasteiger partial charge on any atom is -0.495 e. The van der Waals surface area contributed by atoms with Gasteiger partial charge in [0.1, 0.15) is 11.3 Å². The molecular formula is C21H17ClN2O5. The van der Waals surface area contributed by atoms with Crippen molar-refractivity contribution in [1.82, 2.24) is 0 Å². The first kappa shape index (κ1) is 19.0. The van der Waals surface area contributed by atoms with E-state index in [9.17, 15) is 14.4 Å². The fraction of sp³-hybridized carbons (Fsp3) is 0.190. The van der Waals surface area contributed by atoms with Gasteiger partial charge in [-0.3, -0.25) is 9.59 Å². The number of nitrogens with zero attached hydrogens (tertiary/aromatic N) is 1. The van der Waals surface area contributed by atoms with Crippen LogP contribution in [0.5, 0.6) is 5.75 Å². The molecule has 1 aliphatic rings. The lowest BCUT2D eigenvalue weighted by Gasteiger charge is -2.18. The van der Waals surface area contributed by atoms with Gasteiger partial charge in [0, 0.05) is 35.8 Å². The van der Waals surface area contributed by atoms with Crippen LogP contribution >= 0.6 is 11.6 Å². The zero-order chi connectivity index (χ0) is 20.5. The highest BCUT2D eigenvalue weighted by Crippen LogP contribution is 2.32. The zero-order valence-corrected chi connectivity index (χ0v) is 16.2. The van der Waals surface area contributed by atoms with Crippen molar-refractivity contribution >= 4 is 45.8 Å². The number of hydrogen-bond acceptors (Lipinski definition) is 5. The highest BCUT2D eigenvalue weighted by molar-refractivity contribution is 6.32. The van der Waals surface area contributed by atoms with E-state index in [4.69, 9.17) is 20.8 Å². The maximum Gasteiger partial charge on any atom is 0.336 e. The number of carbonyl (C=O) groups excluding carboxylic acids is 2. The van der Waals surface area contributed by atoms with Crippen molar-refractivity contribution in [3.05, 3.63) is 64.0 Å². The van der Waals surface area contributed by atoms with Crippen LogP contribution in [0.4, 0.5) is 11.4 Å². The summed E-state index contributed by atoms with van der Waals surface area (Å²) in [6.45, 7) is 0.260. The molecule has 0 spiro atoms. The van der Waals surface area contributed by atoms with Crippen molar-refractivity contribution < 1.29 is 18.7 Å². The van der Waals surface area contributed by atoms with Crippen molar-refractivity contribution in [2.75, 3.05) is 23.9 Å². The number of nitrogens with one attached hydrogen (secondary N) is 1. The molecule has 0 aliphatic carbocycles. The molecule has 1 N–H and O–H groups in total. The summed E-state index contributed by atoms with van der Waals surface area (Å²) in [6.07, 6.45) is 0.109. The number of amides is 2. The summed E-state index contributed by atoms with van der Waals surface area (Å²) in [6, 6.07) is 13.0. The van der Waals surface area contributed by atoms with Crippen molar-refractivity contribution in [2.45, 2.75) is 6.42 Å². The molecule has 1 aromatic heterocycles. The Morgan fingerprint density at radius 3 is 2.76 bits per heavy atom. The second-order valence-electron chi connectivity index (χ2n) is 6.72. The maximum atomic E-state index is 12.7. The summed E-state index contributed by atoms with van der Waals surface area (Å²) in [7, 11) is 1.52. The van der Waals surface area contributed by atoms with Crippen LogP contribution in [0.2, 0.25) is 5.02 Å².